The Kier molecular flexibility index (Phi) is 4.30. The number of nitrogens with zero attached hydrogens (tertiary/aromatic N) is 1. The third-order valence-electron chi connectivity index (χ3n) is 3.34. The maximum absolute atomic E-state index is 12.0. The number of aliphatic hydroxyl groups is 1. The lowest BCUT2D eigenvalue weighted by atomic mass is 10.1. The van der Waals surface area contributed by atoms with E-state index in [1.807, 2.05) is 11.8 Å². The van der Waals surface area contributed by atoms with Gasteiger partial charge in [-0.3, -0.25) is 4.79 Å². The molecule has 1 heterocycles. The molecule has 1 fully saturated rings. The summed E-state index contributed by atoms with van der Waals surface area (Å²) in [5.74, 6) is 0.640. The molecule has 0 aromatic heterocycles. The molecule has 1 aliphatic heterocycles. The van der Waals surface area contributed by atoms with Gasteiger partial charge in [0, 0.05) is 0 Å². The summed E-state index contributed by atoms with van der Waals surface area (Å²) in [5.41, 5.74) is 2.36. The fourth-order valence-electron chi connectivity index (χ4n) is 2.23. The molecule has 1 aliphatic rings. The van der Waals surface area contributed by atoms with Crippen molar-refractivity contribution in [3.8, 4) is 0 Å². The molecule has 2 atom stereocenters. The maximum atomic E-state index is 12.0. The summed E-state index contributed by atoms with van der Waals surface area (Å²) in [5, 5.41) is 9.46. The van der Waals surface area contributed by atoms with E-state index in [0.717, 1.165) is 12.0 Å². The second-order valence-corrected chi connectivity index (χ2v) is 5.69. The highest BCUT2D eigenvalue weighted by atomic mass is 32.2. The highest BCUT2D eigenvalue weighted by Crippen LogP contribution is 2.40. The largest absolute Gasteiger partial charge is 0.394 e. The van der Waals surface area contributed by atoms with Crippen LogP contribution in [0.5, 0.6) is 0 Å². The summed E-state index contributed by atoms with van der Waals surface area (Å²) in [6.07, 6.45) is 0.783. The Morgan fingerprint density at radius 3 is 2.67 bits per heavy atom. The average Bonchev–Trinajstić information content (AvgIpc) is 2.75. The smallest absolute Gasteiger partial charge is 0.234 e. The van der Waals surface area contributed by atoms with E-state index in [0.29, 0.717) is 5.75 Å². The van der Waals surface area contributed by atoms with Gasteiger partial charge in [0.2, 0.25) is 5.91 Å². The second-order valence-electron chi connectivity index (χ2n) is 4.62. The fraction of sp³-hybridized carbons (Fsp3) is 0.500. The van der Waals surface area contributed by atoms with Crippen molar-refractivity contribution in [2.24, 2.45) is 0 Å². The average molecular weight is 265 g/mol. The van der Waals surface area contributed by atoms with Crippen LogP contribution in [0.4, 0.5) is 0 Å². The Morgan fingerprint density at radius 2 is 2.11 bits per heavy atom. The van der Waals surface area contributed by atoms with Gasteiger partial charge >= 0.3 is 0 Å². The number of thioether (sulfide) groups is 1. The van der Waals surface area contributed by atoms with Crippen LogP contribution in [0.25, 0.3) is 0 Å². The molecule has 98 valence electrons. The minimum atomic E-state index is -0.0706. The van der Waals surface area contributed by atoms with E-state index >= 15 is 0 Å². The molecule has 0 radical (unpaired) electrons. The van der Waals surface area contributed by atoms with E-state index in [4.69, 9.17) is 0 Å². The van der Waals surface area contributed by atoms with Crippen LogP contribution in [0.3, 0.4) is 0 Å². The van der Waals surface area contributed by atoms with Crippen molar-refractivity contribution in [2.75, 3.05) is 12.4 Å². The van der Waals surface area contributed by atoms with Crippen molar-refractivity contribution >= 4 is 17.7 Å². The van der Waals surface area contributed by atoms with E-state index in [1.165, 1.54) is 5.56 Å². The Bertz CT molecular complexity index is 414. The minimum Gasteiger partial charge on any atom is -0.394 e. The van der Waals surface area contributed by atoms with Crippen LogP contribution in [0.1, 0.15) is 29.8 Å². The van der Waals surface area contributed by atoms with E-state index in [-0.39, 0.29) is 23.9 Å². The molecule has 1 aromatic rings. The molecule has 3 nitrogen and oxygen atoms in total. The molecule has 2 rings (SSSR count). The zero-order chi connectivity index (χ0) is 13.1. The van der Waals surface area contributed by atoms with E-state index in [2.05, 4.69) is 31.2 Å². The molecule has 0 aliphatic carbocycles. The number of aryl methyl sites for hydroxylation is 1. The molecule has 18 heavy (non-hydrogen) atoms. The molecule has 1 N–H and O–H groups in total. The molecule has 0 bridgehead atoms. The van der Waals surface area contributed by atoms with Crippen molar-refractivity contribution in [1.82, 2.24) is 4.90 Å². The van der Waals surface area contributed by atoms with Gasteiger partial charge < -0.3 is 10.0 Å². The molecular formula is C14H19NO2S. The Hall–Kier alpha value is -1.00. The SMILES string of the molecule is CC[C@H](CO)N1C(=O)CS[C@@H]1c1ccc(C)cc1. The highest BCUT2D eigenvalue weighted by Gasteiger charge is 2.36. The Morgan fingerprint density at radius 1 is 1.44 bits per heavy atom. The number of rotatable bonds is 4. The van der Waals surface area contributed by atoms with Gasteiger partial charge in [0.1, 0.15) is 5.37 Å². The normalized spacial score (nSPS) is 21.4. The van der Waals surface area contributed by atoms with Crippen LogP contribution in [-0.4, -0.2) is 34.3 Å². The summed E-state index contributed by atoms with van der Waals surface area (Å²) in [4.78, 5) is 13.8. The molecule has 1 saturated heterocycles. The lowest BCUT2D eigenvalue weighted by molar-refractivity contribution is -0.131. The number of hydrogen-bond donors (Lipinski definition) is 1. The van der Waals surface area contributed by atoms with Gasteiger partial charge in [-0.25, -0.2) is 0 Å². The molecule has 0 spiro atoms. The summed E-state index contributed by atoms with van der Waals surface area (Å²) >= 11 is 1.64. The van der Waals surface area contributed by atoms with Crippen LogP contribution in [0.2, 0.25) is 0 Å². The van der Waals surface area contributed by atoms with E-state index in [9.17, 15) is 9.90 Å². The monoisotopic (exact) mass is 265 g/mol. The predicted octanol–water partition coefficient (Wildman–Crippen LogP) is 2.34. The molecule has 0 saturated carbocycles. The second kappa shape index (κ2) is 5.76. The number of carbonyl (C=O) groups excluding carboxylic acids is 1. The zero-order valence-electron chi connectivity index (χ0n) is 10.8. The first-order valence-corrected chi connectivity index (χ1v) is 7.32. The van der Waals surface area contributed by atoms with Gasteiger partial charge in [0.15, 0.2) is 0 Å². The third kappa shape index (κ3) is 2.54. The van der Waals surface area contributed by atoms with Gasteiger partial charge in [-0.1, -0.05) is 36.8 Å². The van der Waals surface area contributed by atoms with Crippen LogP contribution in [0.15, 0.2) is 24.3 Å². The summed E-state index contributed by atoms with van der Waals surface area (Å²) < 4.78 is 0. The molecule has 1 aromatic carbocycles. The first-order valence-electron chi connectivity index (χ1n) is 6.27. The third-order valence-corrected chi connectivity index (χ3v) is 4.57. The lowest BCUT2D eigenvalue weighted by Gasteiger charge is -2.31. The zero-order valence-corrected chi connectivity index (χ0v) is 11.6. The number of carbonyl (C=O) groups is 1. The first kappa shape index (κ1) is 13.4. The quantitative estimate of drug-likeness (QED) is 0.908. The van der Waals surface area contributed by atoms with Gasteiger partial charge in [0.25, 0.3) is 0 Å². The van der Waals surface area contributed by atoms with Crippen LogP contribution >= 0.6 is 11.8 Å². The fourth-order valence-corrected chi connectivity index (χ4v) is 3.48. The van der Waals surface area contributed by atoms with Crippen LogP contribution < -0.4 is 0 Å². The minimum absolute atomic E-state index is 0.0329. The summed E-state index contributed by atoms with van der Waals surface area (Å²) in [7, 11) is 0. The van der Waals surface area contributed by atoms with E-state index in [1.54, 1.807) is 11.8 Å². The lowest BCUT2D eigenvalue weighted by Crippen LogP contribution is -2.40. The summed E-state index contributed by atoms with van der Waals surface area (Å²) in [6, 6.07) is 8.21. The van der Waals surface area contributed by atoms with Crippen molar-refractivity contribution in [3.05, 3.63) is 35.4 Å². The molecule has 0 unspecified atom stereocenters. The highest BCUT2D eigenvalue weighted by molar-refractivity contribution is 8.00. The number of amides is 1. The van der Waals surface area contributed by atoms with Crippen LogP contribution in [0, 0.1) is 6.92 Å². The molecule has 1 amide bonds. The summed E-state index contributed by atoms with van der Waals surface area (Å²) in [6.45, 7) is 4.09. The number of hydrogen-bond acceptors (Lipinski definition) is 3. The van der Waals surface area contributed by atoms with Crippen molar-refractivity contribution in [3.63, 3.8) is 0 Å². The van der Waals surface area contributed by atoms with Crippen molar-refractivity contribution in [1.29, 1.82) is 0 Å². The molecule has 4 heteroatoms. The maximum Gasteiger partial charge on any atom is 0.234 e. The Balaban J connectivity index is 2.26. The van der Waals surface area contributed by atoms with Gasteiger partial charge in [-0.2, -0.15) is 0 Å². The number of aliphatic hydroxyl groups excluding tert-OH is 1. The number of benzene rings is 1. The van der Waals surface area contributed by atoms with Crippen molar-refractivity contribution < 1.29 is 9.90 Å². The van der Waals surface area contributed by atoms with Gasteiger partial charge in [-0.05, 0) is 18.9 Å². The predicted molar refractivity (Wildman–Crippen MR) is 74.4 cm³/mol. The van der Waals surface area contributed by atoms with Gasteiger partial charge in [0.05, 0.1) is 18.4 Å². The van der Waals surface area contributed by atoms with E-state index < -0.39 is 0 Å². The van der Waals surface area contributed by atoms with Crippen LogP contribution in [-0.2, 0) is 4.79 Å². The Labute approximate surface area is 112 Å². The topological polar surface area (TPSA) is 40.5 Å². The standard InChI is InChI=1S/C14H19NO2S/c1-3-12(8-16)15-13(17)9-18-14(15)11-6-4-10(2)5-7-11/h4-7,12,14,16H,3,8-9H2,1-2H3/t12-,14-/m1/s1. The molecular weight excluding hydrogens is 246 g/mol. The van der Waals surface area contributed by atoms with Gasteiger partial charge in [-0.15, -0.1) is 11.8 Å². The van der Waals surface area contributed by atoms with Crippen molar-refractivity contribution in [2.45, 2.75) is 31.7 Å². The first-order chi connectivity index (χ1) is 8.67.